The number of nitrogens with one attached hydrogen (secondary N) is 2. The maximum absolute atomic E-state index is 12.2. The van der Waals surface area contributed by atoms with Gasteiger partial charge in [-0.15, -0.1) is 12.4 Å². The molecule has 134 valence electrons. The third-order valence-electron chi connectivity index (χ3n) is 3.79. The molecule has 4 N–H and O–H groups in total. The molecule has 2 aromatic rings. The van der Waals surface area contributed by atoms with Crippen molar-refractivity contribution < 1.29 is 9.59 Å². The fourth-order valence-electron chi connectivity index (χ4n) is 2.38. The number of anilines is 2. The minimum atomic E-state index is -0.148. The Balaban J connectivity index is 0.00000312. The number of hydrogen-bond donors (Lipinski definition) is 3. The average Bonchev–Trinajstić information content (AvgIpc) is 2.56. The van der Waals surface area contributed by atoms with E-state index in [1.54, 1.807) is 12.1 Å². The molecule has 2 amide bonds. The van der Waals surface area contributed by atoms with Crippen LogP contribution in [0.25, 0.3) is 0 Å². The second-order valence-electron chi connectivity index (χ2n) is 5.64. The monoisotopic (exact) mass is 361 g/mol. The number of carbonyl (C=O) groups excluding carboxylic acids is 2. The van der Waals surface area contributed by atoms with Crippen LogP contribution in [0.5, 0.6) is 0 Å². The van der Waals surface area contributed by atoms with Crippen LogP contribution >= 0.6 is 12.4 Å². The molecule has 0 radical (unpaired) electrons. The number of nitrogens with two attached hydrogens (primary N) is 1. The molecule has 25 heavy (non-hydrogen) atoms. The van der Waals surface area contributed by atoms with Gasteiger partial charge in [0.1, 0.15) is 0 Å². The maximum Gasteiger partial charge on any atom is 0.251 e. The lowest BCUT2D eigenvalue weighted by Gasteiger charge is -2.11. The number of amides is 2. The van der Waals surface area contributed by atoms with Crippen molar-refractivity contribution in [3.8, 4) is 0 Å². The number of rotatable bonds is 6. The summed E-state index contributed by atoms with van der Waals surface area (Å²) in [6, 6.07) is 12.8. The topological polar surface area (TPSA) is 84.2 Å². The molecular weight excluding hydrogens is 338 g/mol. The lowest BCUT2D eigenvalue weighted by molar-refractivity contribution is -0.116. The Kier molecular flexibility index (Phi) is 7.95. The zero-order chi connectivity index (χ0) is 17.5. The highest BCUT2D eigenvalue weighted by Crippen LogP contribution is 2.18. The van der Waals surface area contributed by atoms with Crippen LogP contribution in [0.3, 0.4) is 0 Å². The summed E-state index contributed by atoms with van der Waals surface area (Å²) in [5.74, 6) is -0.250. The zero-order valence-corrected chi connectivity index (χ0v) is 15.3. The maximum atomic E-state index is 12.2. The molecule has 5 nitrogen and oxygen atoms in total. The summed E-state index contributed by atoms with van der Waals surface area (Å²) in [6.07, 6.45) is 0.909. The van der Waals surface area contributed by atoms with Crippen molar-refractivity contribution >= 4 is 35.6 Å². The number of benzene rings is 2. The van der Waals surface area contributed by atoms with Crippen molar-refractivity contribution in [1.82, 2.24) is 5.32 Å². The SMILES string of the molecule is CCNC(=O)c1ccc(C)c(NC(=O)CCc2ccccc2N)c1.Cl. The van der Waals surface area contributed by atoms with Crippen LogP contribution in [0.2, 0.25) is 0 Å². The normalized spacial score (nSPS) is 9.84. The van der Waals surface area contributed by atoms with Crippen LogP contribution in [0.15, 0.2) is 42.5 Å². The van der Waals surface area contributed by atoms with Crippen LogP contribution in [0, 0.1) is 6.92 Å². The summed E-state index contributed by atoms with van der Waals surface area (Å²) in [7, 11) is 0. The lowest BCUT2D eigenvalue weighted by atomic mass is 10.1. The fraction of sp³-hybridized carbons (Fsp3) is 0.263. The van der Waals surface area contributed by atoms with E-state index in [4.69, 9.17) is 5.73 Å². The number of para-hydroxylation sites is 1. The lowest BCUT2D eigenvalue weighted by Crippen LogP contribution is -2.23. The Morgan fingerprint density at radius 1 is 1.12 bits per heavy atom. The van der Waals surface area contributed by atoms with Gasteiger partial charge in [-0.25, -0.2) is 0 Å². The highest BCUT2D eigenvalue weighted by atomic mass is 35.5. The highest BCUT2D eigenvalue weighted by Gasteiger charge is 2.10. The molecular formula is C19H24ClN3O2. The molecule has 0 unspecified atom stereocenters. The number of hydrogen-bond acceptors (Lipinski definition) is 3. The molecule has 0 fully saturated rings. The number of nitrogen functional groups attached to an aromatic ring is 1. The minimum Gasteiger partial charge on any atom is -0.399 e. The van der Waals surface area contributed by atoms with Gasteiger partial charge in [0.25, 0.3) is 5.91 Å². The van der Waals surface area contributed by atoms with Crippen LogP contribution in [-0.4, -0.2) is 18.4 Å². The van der Waals surface area contributed by atoms with Crippen molar-refractivity contribution in [3.63, 3.8) is 0 Å². The van der Waals surface area contributed by atoms with Gasteiger partial charge < -0.3 is 16.4 Å². The number of aryl methyl sites for hydroxylation is 2. The van der Waals surface area contributed by atoms with E-state index < -0.39 is 0 Å². The molecule has 0 aliphatic carbocycles. The van der Waals surface area contributed by atoms with E-state index in [9.17, 15) is 9.59 Å². The van der Waals surface area contributed by atoms with Crippen LogP contribution in [-0.2, 0) is 11.2 Å². The van der Waals surface area contributed by atoms with Gasteiger partial charge in [0, 0.05) is 29.9 Å². The molecule has 0 spiro atoms. The number of halogens is 1. The summed E-state index contributed by atoms with van der Waals surface area (Å²) in [4.78, 5) is 24.1. The molecule has 0 aliphatic heterocycles. The smallest absolute Gasteiger partial charge is 0.251 e. The standard InChI is InChI=1S/C19H23N3O2.ClH/c1-3-21-19(24)15-9-8-13(2)17(12-15)22-18(23)11-10-14-6-4-5-7-16(14)20;/h4-9,12H,3,10-11,20H2,1-2H3,(H,21,24)(H,22,23);1H. The summed E-state index contributed by atoms with van der Waals surface area (Å²) in [6.45, 7) is 4.32. The first-order chi connectivity index (χ1) is 11.5. The van der Waals surface area contributed by atoms with Crippen molar-refractivity contribution in [2.45, 2.75) is 26.7 Å². The van der Waals surface area contributed by atoms with Gasteiger partial charge >= 0.3 is 0 Å². The Labute approximate surface area is 154 Å². The molecule has 2 aromatic carbocycles. The van der Waals surface area contributed by atoms with Gasteiger partial charge in [0.05, 0.1) is 0 Å². The average molecular weight is 362 g/mol. The highest BCUT2D eigenvalue weighted by molar-refractivity contribution is 5.97. The van der Waals surface area contributed by atoms with Crippen LogP contribution in [0.4, 0.5) is 11.4 Å². The zero-order valence-electron chi connectivity index (χ0n) is 14.5. The minimum absolute atomic E-state index is 0. The van der Waals surface area contributed by atoms with E-state index in [2.05, 4.69) is 10.6 Å². The van der Waals surface area contributed by atoms with Gasteiger partial charge in [0.2, 0.25) is 5.91 Å². The van der Waals surface area contributed by atoms with Crippen molar-refractivity contribution in [2.24, 2.45) is 0 Å². The largest absolute Gasteiger partial charge is 0.399 e. The molecule has 2 rings (SSSR count). The van der Waals surface area contributed by atoms with E-state index in [-0.39, 0.29) is 24.2 Å². The van der Waals surface area contributed by atoms with E-state index in [1.807, 2.05) is 44.2 Å². The van der Waals surface area contributed by atoms with Gasteiger partial charge in [-0.1, -0.05) is 24.3 Å². The van der Waals surface area contributed by atoms with Gasteiger partial charge in [-0.3, -0.25) is 9.59 Å². The molecule has 0 saturated carbocycles. The Morgan fingerprint density at radius 2 is 1.84 bits per heavy atom. The molecule has 0 aromatic heterocycles. The Bertz CT molecular complexity index is 747. The Morgan fingerprint density at radius 3 is 2.52 bits per heavy atom. The van der Waals surface area contributed by atoms with Crippen LogP contribution < -0.4 is 16.4 Å². The van der Waals surface area contributed by atoms with Gasteiger partial charge in [0.15, 0.2) is 0 Å². The third-order valence-corrected chi connectivity index (χ3v) is 3.79. The number of carbonyl (C=O) groups is 2. The second kappa shape index (κ2) is 9.69. The molecule has 0 saturated heterocycles. The van der Waals surface area contributed by atoms with Crippen LogP contribution in [0.1, 0.15) is 34.8 Å². The molecule has 0 bridgehead atoms. The summed E-state index contributed by atoms with van der Waals surface area (Å²) >= 11 is 0. The molecule has 0 aliphatic rings. The van der Waals surface area contributed by atoms with Crippen molar-refractivity contribution in [1.29, 1.82) is 0 Å². The van der Waals surface area contributed by atoms with Gasteiger partial charge in [-0.2, -0.15) is 0 Å². The quantitative estimate of drug-likeness (QED) is 0.690. The fourth-order valence-corrected chi connectivity index (χ4v) is 2.38. The first-order valence-electron chi connectivity index (χ1n) is 8.03. The molecule has 0 atom stereocenters. The third kappa shape index (κ3) is 5.80. The van der Waals surface area contributed by atoms with E-state index in [0.29, 0.717) is 36.3 Å². The predicted molar refractivity (Wildman–Crippen MR) is 104 cm³/mol. The second-order valence-corrected chi connectivity index (χ2v) is 5.64. The van der Waals surface area contributed by atoms with Crippen molar-refractivity contribution in [2.75, 3.05) is 17.6 Å². The predicted octanol–water partition coefficient (Wildman–Crippen LogP) is 3.32. The first kappa shape index (κ1) is 20.5. The summed E-state index contributed by atoms with van der Waals surface area (Å²) in [5.41, 5.74) is 9.64. The van der Waals surface area contributed by atoms with E-state index in [1.165, 1.54) is 0 Å². The summed E-state index contributed by atoms with van der Waals surface area (Å²) < 4.78 is 0. The first-order valence-corrected chi connectivity index (χ1v) is 8.03. The molecule has 0 heterocycles. The van der Waals surface area contributed by atoms with Crippen molar-refractivity contribution in [3.05, 3.63) is 59.2 Å². The van der Waals surface area contributed by atoms with Gasteiger partial charge in [-0.05, 0) is 49.6 Å². The molecule has 6 heteroatoms. The van der Waals surface area contributed by atoms with E-state index in [0.717, 1.165) is 11.1 Å². The Hall–Kier alpha value is -2.53. The van der Waals surface area contributed by atoms with E-state index >= 15 is 0 Å². The summed E-state index contributed by atoms with van der Waals surface area (Å²) in [5, 5.41) is 5.63.